The number of nitrogens with one attached hydrogen (secondary N) is 1. The van der Waals surface area contributed by atoms with Crippen LogP contribution in [0.15, 0.2) is 23.0 Å². The minimum Gasteiger partial charge on any atom is -0.351 e. The van der Waals surface area contributed by atoms with Gasteiger partial charge in [0.15, 0.2) is 11.2 Å². The van der Waals surface area contributed by atoms with Gasteiger partial charge in [-0.05, 0) is 22.0 Å². The first-order valence-electron chi connectivity index (χ1n) is 5.66. The number of ketones is 1. The third-order valence-corrected chi connectivity index (χ3v) is 3.52. The Balaban J connectivity index is 2.97. The molecule has 4 heteroatoms. The first-order chi connectivity index (χ1) is 8.30. The van der Waals surface area contributed by atoms with Gasteiger partial charge in [0, 0.05) is 28.1 Å². The van der Waals surface area contributed by atoms with Crippen LogP contribution < -0.4 is 16.0 Å². The maximum Gasteiger partial charge on any atom is 0.189 e. The Kier molecular flexibility index (Phi) is 3.15. The number of allylic oxidation sites excluding steroid dienone is 2. The van der Waals surface area contributed by atoms with Crippen molar-refractivity contribution in [2.75, 3.05) is 0 Å². The molecule has 3 nitrogen and oxygen atoms in total. The molecule has 1 heterocycles. The van der Waals surface area contributed by atoms with Gasteiger partial charge in [-0.3, -0.25) is 9.59 Å². The zero-order chi connectivity index (χ0) is 13.5. The van der Waals surface area contributed by atoms with Crippen LogP contribution in [-0.2, 0) is 0 Å². The quantitative estimate of drug-likeness (QED) is 0.799. The van der Waals surface area contributed by atoms with Crippen LogP contribution in [0.5, 0.6) is 0 Å². The fourth-order valence-electron chi connectivity index (χ4n) is 1.88. The molecular formula is C14H14BrNO2. The van der Waals surface area contributed by atoms with Crippen molar-refractivity contribution in [1.29, 1.82) is 0 Å². The Morgan fingerprint density at radius 3 is 2.67 bits per heavy atom. The lowest BCUT2D eigenvalue weighted by molar-refractivity contribution is 0.101. The van der Waals surface area contributed by atoms with Crippen LogP contribution in [0.2, 0.25) is 0 Å². The Hall–Kier alpha value is -1.42. The van der Waals surface area contributed by atoms with Gasteiger partial charge in [0.05, 0.1) is 11.0 Å². The Bertz CT molecular complexity index is 723. The van der Waals surface area contributed by atoms with Crippen molar-refractivity contribution in [1.82, 2.24) is 4.98 Å². The van der Waals surface area contributed by atoms with E-state index in [1.807, 2.05) is 32.1 Å². The monoisotopic (exact) mass is 307 g/mol. The van der Waals surface area contributed by atoms with E-state index in [1.54, 1.807) is 0 Å². The van der Waals surface area contributed by atoms with Crippen LogP contribution >= 0.6 is 15.9 Å². The van der Waals surface area contributed by atoms with Gasteiger partial charge in [0.1, 0.15) is 0 Å². The van der Waals surface area contributed by atoms with Crippen LogP contribution in [-0.4, -0.2) is 10.8 Å². The smallest absolute Gasteiger partial charge is 0.189 e. The lowest BCUT2D eigenvalue weighted by atomic mass is 9.92. The fourth-order valence-corrected chi connectivity index (χ4v) is 2.33. The van der Waals surface area contributed by atoms with Crippen molar-refractivity contribution in [3.05, 3.63) is 44.7 Å². The van der Waals surface area contributed by atoms with E-state index in [1.165, 1.54) is 13.0 Å². The molecule has 0 radical (unpaired) electrons. The molecule has 0 atom stereocenters. The van der Waals surface area contributed by atoms with Crippen molar-refractivity contribution in [3.63, 3.8) is 0 Å². The molecule has 94 valence electrons. The first kappa shape index (κ1) is 13.0. The molecule has 1 N–H and O–H groups in total. The lowest BCUT2D eigenvalue weighted by Gasteiger charge is -2.12. The van der Waals surface area contributed by atoms with Gasteiger partial charge < -0.3 is 4.98 Å². The van der Waals surface area contributed by atoms with E-state index in [0.717, 1.165) is 4.48 Å². The van der Waals surface area contributed by atoms with E-state index in [-0.39, 0.29) is 16.6 Å². The number of aromatic amines is 1. The predicted molar refractivity (Wildman–Crippen MR) is 76.0 cm³/mol. The number of pyridine rings is 1. The van der Waals surface area contributed by atoms with E-state index in [2.05, 4.69) is 20.9 Å². The molecule has 18 heavy (non-hydrogen) atoms. The second kappa shape index (κ2) is 4.35. The molecule has 1 aliphatic carbocycles. The average molecular weight is 308 g/mol. The van der Waals surface area contributed by atoms with Crippen LogP contribution in [0.4, 0.5) is 0 Å². The average Bonchev–Trinajstić information content (AvgIpc) is 2.38. The van der Waals surface area contributed by atoms with Crippen molar-refractivity contribution >= 4 is 32.3 Å². The number of hydrogen-bond acceptors (Lipinski definition) is 2. The minimum absolute atomic E-state index is 0.136. The Morgan fingerprint density at radius 1 is 1.39 bits per heavy atom. The van der Waals surface area contributed by atoms with Gasteiger partial charge >= 0.3 is 0 Å². The highest BCUT2D eigenvalue weighted by Crippen LogP contribution is 2.22. The molecule has 1 aromatic heterocycles. The van der Waals surface area contributed by atoms with E-state index < -0.39 is 0 Å². The Labute approximate surface area is 113 Å². The lowest BCUT2D eigenvalue weighted by Crippen LogP contribution is -2.43. The molecule has 0 spiro atoms. The second-order valence-electron chi connectivity index (χ2n) is 5.04. The molecule has 0 fully saturated rings. The number of halogens is 1. The highest BCUT2D eigenvalue weighted by molar-refractivity contribution is 9.15. The largest absolute Gasteiger partial charge is 0.351 e. The van der Waals surface area contributed by atoms with E-state index in [0.29, 0.717) is 16.3 Å². The standard InChI is InChI=1S/C14H14BrNO2/c1-8(17)11-6-12(18)9-7-14(2,3)5-4-10(15)13(9)16-11/h4-7,16H,1-3H3. The number of carbonyl (C=O) groups excluding carboxylic acids is 1. The highest BCUT2D eigenvalue weighted by atomic mass is 79.9. The van der Waals surface area contributed by atoms with Crippen LogP contribution in [0.3, 0.4) is 0 Å². The molecule has 0 aromatic carbocycles. The molecule has 0 saturated carbocycles. The Morgan fingerprint density at radius 2 is 2.06 bits per heavy atom. The van der Waals surface area contributed by atoms with Crippen molar-refractivity contribution < 1.29 is 4.79 Å². The maximum absolute atomic E-state index is 12.1. The number of H-pyrrole nitrogens is 1. The van der Waals surface area contributed by atoms with E-state index in [4.69, 9.17) is 0 Å². The van der Waals surface area contributed by atoms with E-state index >= 15 is 0 Å². The summed E-state index contributed by atoms with van der Waals surface area (Å²) in [6.07, 6.45) is 5.83. The molecule has 1 aromatic rings. The van der Waals surface area contributed by atoms with Crippen LogP contribution in [0.25, 0.3) is 10.6 Å². The molecule has 0 bridgehead atoms. The topological polar surface area (TPSA) is 49.9 Å². The van der Waals surface area contributed by atoms with Gasteiger partial charge in [0.2, 0.25) is 0 Å². The van der Waals surface area contributed by atoms with E-state index in [9.17, 15) is 9.59 Å². The molecule has 1 aliphatic rings. The van der Waals surface area contributed by atoms with Gasteiger partial charge in [-0.15, -0.1) is 0 Å². The first-order valence-corrected chi connectivity index (χ1v) is 6.46. The summed E-state index contributed by atoms with van der Waals surface area (Å²) in [6.45, 7) is 5.49. The maximum atomic E-state index is 12.1. The third-order valence-electron chi connectivity index (χ3n) is 2.86. The van der Waals surface area contributed by atoms with Gasteiger partial charge in [-0.2, -0.15) is 0 Å². The number of hydrogen-bond donors (Lipinski definition) is 1. The number of Topliss-reactive ketones (excluding diaryl/α,β-unsaturated/α-hetero) is 1. The third kappa shape index (κ3) is 2.38. The van der Waals surface area contributed by atoms with Gasteiger partial charge in [-0.25, -0.2) is 0 Å². The number of aromatic nitrogens is 1. The molecule has 2 rings (SSSR count). The summed E-state index contributed by atoms with van der Waals surface area (Å²) in [6, 6.07) is 1.36. The van der Waals surface area contributed by atoms with Crippen molar-refractivity contribution in [2.24, 2.45) is 5.41 Å². The zero-order valence-corrected chi connectivity index (χ0v) is 12.1. The summed E-state index contributed by atoms with van der Waals surface area (Å²) in [5, 5.41) is 1.26. The fraction of sp³-hybridized carbons (Fsp3) is 0.286. The molecule has 0 unspecified atom stereocenters. The highest BCUT2D eigenvalue weighted by Gasteiger charge is 2.15. The summed E-state index contributed by atoms with van der Waals surface area (Å²) in [7, 11) is 0. The van der Waals surface area contributed by atoms with Crippen molar-refractivity contribution in [3.8, 4) is 0 Å². The normalized spacial score (nSPS) is 16.8. The molecular weight excluding hydrogens is 294 g/mol. The number of fused-ring (bicyclic) bond motifs is 1. The number of carbonyl (C=O) groups is 1. The summed E-state index contributed by atoms with van der Waals surface area (Å²) in [5.41, 5.74) is -0.00506. The van der Waals surface area contributed by atoms with Crippen molar-refractivity contribution in [2.45, 2.75) is 20.8 Å². The summed E-state index contributed by atoms with van der Waals surface area (Å²) in [5.74, 6) is -0.150. The second-order valence-corrected chi connectivity index (χ2v) is 5.89. The minimum atomic E-state index is -0.199. The molecule has 0 aliphatic heterocycles. The zero-order valence-electron chi connectivity index (χ0n) is 10.5. The summed E-state index contributed by atoms with van der Waals surface area (Å²) < 4.78 is 0.777. The van der Waals surface area contributed by atoms with Gasteiger partial charge in [0.25, 0.3) is 0 Å². The SMILES string of the molecule is CC(=O)c1cc(=O)c2c([nH]1)=C(Br)C=CC(C)(C)C=2. The number of rotatable bonds is 1. The molecule has 0 saturated heterocycles. The van der Waals surface area contributed by atoms with Gasteiger partial charge in [-0.1, -0.05) is 26.0 Å². The van der Waals surface area contributed by atoms with Crippen LogP contribution in [0.1, 0.15) is 31.3 Å². The summed E-state index contributed by atoms with van der Waals surface area (Å²) in [4.78, 5) is 26.5. The summed E-state index contributed by atoms with van der Waals surface area (Å²) >= 11 is 3.43. The predicted octanol–water partition coefficient (Wildman–Crippen LogP) is 1.46. The molecule has 0 amide bonds. The van der Waals surface area contributed by atoms with Crippen LogP contribution in [0, 0.1) is 5.41 Å².